The van der Waals surface area contributed by atoms with E-state index >= 15 is 0 Å². The quantitative estimate of drug-likeness (QED) is 0.735. The number of halogens is 2. The summed E-state index contributed by atoms with van der Waals surface area (Å²) in [6, 6.07) is 14.3. The van der Waals surface area contributed by atoms with E-state index < -0.39 is 11.3 Å². The first-order valence-corrected chi connectivity index (χ1v) is 8.65. The van der Waals surface area contributed by atoms with Crippen LogP contribution >= 0.6 is 23.2 Å². The van der Waals surface area contributed by atoms with Crippen molar-refractivity contribution in [3.8, 4) is 0 Å². The van der Waals surface area contributed by atoms with E-state index in [1.165, 1.54) is 0 Å². The van der Waals surface area contributed by atoms with Gasteiger partial charge in [-0.2, -0.15) is 0 Å². The number of hydrogen-bond donors (Lipinski definition) is 2. The van der Waals surface area contributed by atoms with E-state index in [1.54, 1.807) is 44.2 Å². The number of benzene rings is 2. The van der Waals surface area contributed by atoms with Crippen molar-refractivity contribution in [2.24, 2.45) is 5.41 Å². The number of carbonyl (C=O) groups excluding carboxylic acids is 2. The molecule has 0 aromatic heterocycles. The van der Waals surface area contributed by atoms with Gasteiger partial charge in [0.05, 0.1) is 10.7 Å². The molecule has 2 aromatic rings. The van der Waals surface area contributed by atoms with Crippen LogP contribution in [0.15, 0.2) is 48.5 Å². The number of anilines is 1. The molecule has 0 heterocycles. The molecule has 0 radical (unpaired) electrons. The lowest BCUT2D eigenvalue weighted by Gasteiger charge is -2.23. The van der Waals surface area contributed by atoms with Crippen LogP contribution in [0.25, 0.3) is 0 Å². The van der Waals surface area contributed by atoms with Crippen LogP contribution in [-0.4, -0.2) is 18.4 Å². The van der Waals surface area contributed by atoms with Gasteiger partial charge in [0.15, 0.2) is 0 Å². The van der Waals surface area contributed by atoms with E-state index in [4.69, 9.17) is 23.2 Å². The Kier molecular flexibility index (Phi) is 6.45. The summed E-state index contributed by atoms with van der Waals surface area (Å²) in [5.41, 5.74) is 0.271. The highest BCUT2D eigenvalue weighted by atomic mass is 35.5. The molecule has 132 valence electrons. The molecule has 0 bridgehead atoms. The van der Waals surface area contributed by atoms with Crippen molar-refractivity contribution < 1.29 is 9.59 Å². The van der Waals surface area contributed by atoms with Crippen molar-refractivity contribution in [3.05, 3.63) is 64.1 Å². The van der Waals surface area contributed by atoms with E-state index in [0.717, 1.165) is 5.56 Å². The fourth-order valence-corrected chi connectivity index (χ4v) is 2.57. The van der Waals surface area contributed by atoms with Gasteiger partial charge in [-0.15, -0.1) is 0 Å². The standard InChI is InChI=1S/C19H20Cl2N2O2/c1-19(2,18(25)23-16-9-4-3-8-15(16)21)17(24)22-11-10-13-6-5-7-14(20)12-13/h3-9,12H,10-11H2,1-2H3,(H,22,24)(H,23,25). The summed E-state index contributed by atoms with van der Waals surface area (Å²) in [7, 11) is 0. The van der Waals surface area contributed by atoms with E-state index in [2.05, 4.69) is 10.6 Å². The molecule has 2 aromatic carbocycles. The second-order valence-corrected chi connectivity index (χ2v) is 7.04. The highest BCUT2D eigenvalue weighted by Gasteiger charge is 2.36. The molecule has 0 fully saturated rings. The van der Waals surface area contributed by atoms with E-state index in [9.17, 15) is 9.59 Å². The third-order valence-electron chi connectivity index (χ3n) is 3.85. The number of amides is 2. The van der Waals surface area contributed by atoms with E-state index in [0.29, 0.717) is 28.7 Å². The second kappa shape index (κ2) is 8.37. The number of para-hydroxylation sites is 1. The van der Waals surface area contributed by atoms with Gasteiger partial charge in [-0.25, -0.2) is 0 Å². The first kappa shape index (κ1) is 19.3. The third kappa shape index (κ3) is 5.21. The second-order valence-electron chi connectivity index (χ2n) is 6.19. The summed E-state index contributed by atoms with van der Waals surface area (Å²) in [5.74, 6) is -0.764. The van der Waals surface area contributed by atoms with Crippen molar-refractivity contribution in [1.82, 2.24) is 5.32 Å². The predicted octanol–water partition coefficient (Wildman–Crippen LogP) is 4.32. The average Bonchev–Trinajstić information content (AvgIpc) is 2.56. The summed E-state index contributed by atoms with van der Waals surface area (Å²) >= 11 is 12.0. The van der Waals surface area contributed by atoms with Gasteiger partial charge in [-0.3, -0.25) is 9.59 Å². The van der Waals surface area contributed by atoms with Gasteiger partial charge in [0.25, 0.3) is 0 Å². The Bertz CT molecular complexity index is 776. The van der Waals surface area contributed by atoms with E-state index in [-0.39, 0.29) is 5.91 Å². The lowest BCUT2D eigenvalue weighted by atomic mass is 9.91. The fourth-order valence-electron chi connectivity index (χ4n) is 2.18. The molecule has 0 aliphatic heterocycles. The molecule has 0 spiro atoms. The molecule has 0 atom stereocenters. The summed E-state index contributed by atoms with van der Waals surface area (Å²) in [6.07, 6.45) is 0.633. The minimum atomic E-state index is -1.23. The van der Waals surface area contributed by atoms with Gasteiger partial charge < -0.3 is 10.6 Å². The fraction of sp³-hybridized carbons (Fsp3) is 0.263. The predicted molar refractivity (Wildman–Crippen MR) is 102 cm³/mol. The minimum absolute atomic E-state index is 0.348. The molecule has 25 heavy (non-hydrogen) atoms. The Morgan fingerprint density at radius 2 is 1.72 bits per heavy atom. The van der Waals surface area contributed by atoms with Gasteiger partial charge in [0, 0.05) is 11.6 Å². The third-order valence-corrected chi connectivity index (χ3v) is 4.41. The Morgan fingerprint density at radius 3 is 2.40 bits per heavy atom. The lowest BCUT2D eigenvalue weighted by Crippen LogP contribution is -2.45. The maximum absolute atomic E-state index is 12.5. The molecule has 2 rings (SSSR count). The number of hydrogen-bond acceptors (Lipinski definition) is 2. The van der Waals surface area contributed by atoms with Crippen LogP contribution in [0.3, 0.4) is 0 Å². The highest BCUT2D eigenvalue weighted by Crippen LogP contribution is 2.24. The van der Waals surface area contributed by atoms with Gasteiger partial charge >= 0.3 is 0 Å². The normalized spacial score (nSPS) is 11.0. The molecular formula is C19H20Cl2N2O2. The molecule has 0 aliphatic carbocycles. The maximum atomic E-state index is 12.5. The van der Waals surface area contributed by atoms with Crippen LogP contribution in [0.4, 0.5) is 5.69 Å². The molecule has 0 saturated heterocycles. The van der Waals surface area contributed by atoms with Crippen molar-refractivity contribution in [3.63, 3.8) is 0 Å². The highest BCUT2D eigenvalue weighted by molar-refractivity contribution is 6.33. The first-order valence-electron chi connectivity index (χ1n) is 7.89. The van der Waals surface area contributed by atoms with Crippen LogP contribution in [0.1, 0.15) is 19.4 Å². The van der Waals surface area contributed by atoms with Crippen molar-refractivity contribution in [1.29, 1.82) is 0 Å². The lowest BCUT2D eigenvalue weighted by molar-refractivity contribution is -0.138. The molecule has 0 aliphatic rings. The zero-order chi connectivity index (χ0) is 18.4. The molecular weight excluding hydrogens is 359 g/mol. The maximum Gasteiger partial charge on any atom is 0.239 e. The van der Waals surface area contributed by atoms with Gasteiger partial charge in [0.1, 0.15) is 5.41 Å². The molecule has 0 saturated carbocycles. The van der Waals surface area contributed by atoms with Crippen molar-refractivity contribution in [2.75, 3.05) is 11.9 Å². The smallest absolute Gasteiger partial charge is 0.239 e. The van der Waals surface area contributed by atoms with Gasteiger partial charge in [0.2, 0.25) is 11.8 Å². The van der Waals surface area contributed by atoms with Crippen molar-refractivity contribution >= 4 is 40.7 Å². The van der Waals surface area contributed by atoms with Crippen LogP contribution in [0, 0.1) is 5.41 Å². The summed E-state index contributed by atoms with van der Waals surface area (Å²) in [6.45, 7) is 3.57. The molecule has 6 heteroatoms. The number of rotatable bonds is 6. The van der Waals surface area contributed by atoms with Gasteiger partial charge in [-0.1, -0.05) is 47.5 Å². The topological polar surface area (TPSA) is 58.2 Å². The Balaban J connectivity index is 1.92. The first-order chi connectivity index (χ1) is 11.8. The zero-order valence-corrected chi connectivity index (χ0v) is 15.6. The van der Waals surface area contributed by atoms with Gasteiger partial charge in [-0.05, 0) is 50.1 Å². The molecule has 2 amide bonds. The minimum Gasteiger partial charge on any atom is -0.355 e. The Hall–Kier alpha value is -2.04. The summed E-state index contributed by atoms with van der Waals surface area (Å²) in [5, 5.41) is 6.57. The molecule has 2 N–H and O–H groups in total. The number of nitrogens with one attached hydrogen (secondary N) is 2. The van der Waals surface area contributed by atoms with Crippen LogP contribution < -0.4 is 10.6 Å². The number of carbonyl (C=O) groups is 2. The SMILES string of the molecule is CC(C)(C(=O)NCCc1cccc(Cl)c1)C(=O)Nc1ccccc1Cl. The monoisotopic (exact) mass is 378 g/mol. The van der Waals surface area contributed by atoms with Crippen molar-refractivity contribution in [2.45, 2.75) is 20.3 Å². The van der Waals surface area contributed by atoms with E-state index in [1.807, 2.05) is 18.2 Å². The summed E-state index contributed by atoms with van der Waals surface area (Å²) in [4.78, 5) is 24.9. The Morgan fingerprint density at radius 1 is 1.00 bits per heavy atom. The van der Waals surface area contributed by atoms with Crippen LogP contribution in [0.5, 0.6) is 0 Å². The summed E-state index contributed by atoms with van der Waals surface area (Å²) < 4.78 is 0. The largest absolute Gasteiger partial charge is 0.355 e. The Labute approximate surface area is 157 Å². The zero-order valence-electron chi connectivity index (χ0n) is 14.1. The molecule has 4 nitrogen and oxygen atoms in total. The van der Waals surface area contributed by atoms with Crippen LogP contribution in [0.2, 0.25) is 10.0 Å². The average molecular weight is 379 g/mol. The molecule has 0 unspecified atom stereocenters. The van der Waals surface area contributed by atoms with Crippen LogP contribution in [-0.2, 0) is 16.0 Å².